The monoisotopic (exact) mass is 329 g/mol. The number of hydrogen-bond donors (Lipinski definition) is 2. The Hall–Kier alpha value is -1.27. The number of aromatic nitrogens is 1. The van der Waals surface area contributed by atoms with E-state index in [1.807, 2.05) is 24.4 Å². The number of H-pyrrole nitrogens is 1. The lowest BCUT2D eigenvalue weighted by atomic mass is 10.3. The van der Waals surface area contributed by atoms with Crippen LogP contribution >= 0.6 is 11.8 Å². The summed E-state index contributed by atoms with van der Waals surface area (Å²) in [5.41, 5.74) is 2.98. The SMILES string of the molecule is Oc1ccc[nH+]c1CSC1=Nc2ccccc2[NH2+]1.[Cl-].[Cl-]. The lowest BCUT2D eigenvalue weighted by Crippen LogP contribution is -3.00. The second-order valence-corrected chi connectivity index (χ2v) is 4.97. The van der Waals surface area contributed by atoms with Crippen LogP contribution in [0.3, 0.4) is 0 Å². The first-order chi connectivity index (χ1) is 8.83. The standard InChI is InChI=1S/C13H11N3OS.2ClH/c17-12-6-3-7-14-11(12)8-18-13-15-9-4-1-2-5-10(9)16-13;;/h1-7,17H,8H2,(H,15,16);2*1H. The summed E-state index contributed by atoms with van der Waals surface area (Å²) < 4.78 is 0. The lowest BCUT2D eigenvalue weighted by Gasteiger charge is -1.96. The number of quaternary nitrogens is 1. The minimum absolute atomic E-state index is 0. The Labute approximate surface area is 133 Å². The number of rotatable bonds is 2. The molecule has 106 valence electrons. The summed E-state index contributed by atoms with van der Waals surface area (Å²) in [4.78, 5) is 7.57. The largest absolute Gasteiger partial charge is 1.00 e. The van der Waals surface area contributed by atoms with Crippen molar-refractivity contribution in [2.24, 2.45) is 4.99 Å². The van der Waals surface area contributed by atoms with E-state index in [1.165, 1.54) is 0 Å². The summed E-state index contributed by atoms with van der Waals surface area (Å²) in [6.45, 7) is 0. The zero-order valence-electron chi connectivity index (χ0n) is 10.4. The van der Waals surface area contributed by atoms with Crippen LogP contribution < -0.4 is 35.1 Å². The number of aromatic amines is 1. The van der Waals surface area contributed by atoms with Gasteiger partial charge in [0.1, 0.15) is 5.69 Å². The summed E-state index contributed by atoms with van der Waals surface area (Å²) in [7, 11) is 0. The zero-order chi connectivity index (χ0) is 12.4. The third-order valence-electron chi connectivity index (χ3n) is 2.73. The van der Waals surface area contributed by atoms with E-state index in [1.54, 1.807) is 23.9 Å². The molecule has 2 heterocycles. The van der Waals surface area contributed by atoms with Crippen LogP contribution in [0.15, 0.2) is 47.6 Å². The van der Waals surface area contributed by atoms with Crippen LogP contribution in [0.4, 0.5) is 11.4 Å². The Bertz CT molecular complexity index is 622. The number of fused-ring (bicyclic) bond motifs is 1. The van der Waals surface area contributed by atoms with Gasteiger partial charge in [-0.25, -0.2) is 4.98 Å². The van der Waals surface area contributed by atoms with Crippen LogP contribution in [0.25, 0.3) is 0 Å². The van der Waals surface area contributed by atoms with Gasteiger partial charge in [-0.05, 0) is 23.9 Å². The third kappa shape index (κ3) is 3.64. The molecule has 0 aliphatic carbocycles. The maximum atomic E-state index is 9.66. The number of hydrogen-bond acceptors (Lipinski definition) is 3. The van der Waals surface area contributed by atoms with Crippen LogP contribution in [0.1, 0.15) is 5.69 Å². The Balaban J connectivity index is 0.000001000. The number of nitrogens with one attached hydrogen (secondary N) is 1. The second kappa shape index (κ2) is 7.50. The van der Waals surface area contributed by atoms with Crippen molar-refractivity contribution in [3.63, 3.8) is 0 Å². The van der Waals surface area contributed by atoms with Crippen molar-refractivity contribution in [2.45, 2.75) is 5.75 Å². The molecule has 2 aromatic rings. The van der Waals surface area contributed by atoms with E-state index in [4.69, 9.17) is 0 Å². The van der Waals surface area contributed by atoms with E-state index < -0.39 is 0 Å². The number of benzene rings is 1. The number of nitrogens with zero attached hydrogens (tertiary/aromatic N) is 1. The van der Waals surface area contributed by atoms with Crippen molar-refractivity contribution in [3.05, 3.63) is 48.3 Å². The smallest absolute Gasteiger partial charge is 0.266 e. The molecule has 1 aromatic carbocycles. The average molecular weight is 330 g/mol. The van der Waals surface area contributed by atoms with E-state index in [9.17, 15) is 5.11 Å². The van der Waals surface area contributed by atoms with Gasteiger partial charge in [0.2, 0.25) is 5.69 Å². The Kier molecular flexibility index (Phi) is 6.29. The highest BCUT2D eigenvalue weighted by Crippen LogP contribution is 2.26. The van der Waals surface area contributed by atoms with E-state index >= 15 is 0 Å². The molecule has 0 bridgehead atoms. The molecule has 0 atom stereocenters. The van der Waals surface area contributed by atoms with Gasteiger partial charge in [-0.2, -0.15) is 4.99 Å². The molecule has 4 nitrogen and oxygen atoms in total. The van der Waals surface area contributed by atoms with Gasteiger partial charge in [-0.3, -0.25) is 5.32 Å². The molecule has 0 amide bonds. The van der Waals surface area contributed by atoms with Crippen molar-refractivity contribution in [1.29, 1.82) is 0 Å². The molecule has 1 aliphatic heterocycles. The highest BCUT2D eigenvalue weighted by Gasteiger charge is 2.20. The minimum Gasteiger partial charge on any atom is -1.00 e. The lowest BCUT2D eigenvalue weighted by molar-refractivity contribution is -0.432. The van der Waals surface area contributed by atoms with E-state index in [-0.39, 0.29) is 24.8 Å². The van der Waals surface area contributed by atoms with Gasteiger partial charge >= 0.3 is 0 Å². The fraction of sp³-hybridized carbons (Fsp3) is 0.0769. The predicted molar refractivity (Wildman–Crippen MR) is 71.1 cm³/mol. The molecular formula is C13H13Cl2N3OS. The van der Waals surface area contributed by atoms with Crippen LogP contribution in [-0.4, -0.2) is 10.3 Å². The maximum absolute atomic E-state index is 9.66. The molecule has 1 aromatic heterocycles. The van der Waals surface area contributed by atoms with E-state index in [2.05, 4.69) is 21.4 Å². The van der Waals surface area contributed by atoms with E-state index in [0.717, 1.165) is 22.2 Å². The highest BCUT2D eigenvalue weighted by atomic mass is 35.5. The third-order valence-corrected chi connectivity index (χ3v) is 3.67. The van der Waals surface area contributed by atoms with E-state index in [0.29, 0.717) is 11.5 Å². The molecule has 20 heavy (non-hydrogen) atoms. The number of nitrogens with two attached hydrogens (primary N) is 1. The van der Waals surface area contributed by atoms with Crippen molar-refractivity contribution < 1.29 is 40.2 Å². The summed E-state index contributed by atoms with van der Waals surface area (Å²) in [6, 6.07) is 11.5. The van der Waals surface area contributed by atoms with Gasteiger partial charge in [0, 0.05) is 12.1 Å². The van der Waals surface area contributed by atoms with Crippen LogP contribution in [0, 0.1) is 0 Å². The summed E-state index contributed by atoms with van der Waals surface area (Å²) in [6.07, 6.45) is 1.81. The van der Waals surface area contributed by atoms with Gasteiger partial charge < -0.3 is 29.9 Å². The molecular weight excluding hydrogens is 317 g/mol. The first kappa shape index (κ1) is 16.8. The Morgan fingerprint density at radius 1 is 1.15 bits per heavy atom. The van der Waals surface area contributed by atoms with Gasteiger partial charge in [-0.15, -0.1) is 0 Å². The van der Waals surface area contributed by atoms with Crippen LogP contribution in [0.2, 0.25) is 0 Å². The van der Waals surface area contributed by atoms with Gasteiger partial charge in [0.25, 0.3) is 5.17 Å². The number of aliphatic imine (C=N–C) groups is 1. The fourth-order valence-corrected chi connectivity index (χ4v) is 2.69. The topological polar surface area (TPSA) is 63.3 Å². The number of para-hydroxylation sites is 2. The fourth-order valence-electron chi connectivity index (χ4n) is 1.79. The maximum Gasteiger partial charge on any atom is 0.266 e. The highest BCUT2D eigenvalue weighted by molar-refractivity contribution is 8.12. The molecule has 0 saturated heterocycles. The number of aromatic hydroxyl groups is 1. The normalized spacial score (nSPS) is 11.9. The van der Waals surface area contributed by atoms with Crippen LogP contribution in [0.5, 0.6) is 5.75 Å². The molecule has 4 N–H and O–H groups in total. The molecule has 0 saturated carbocycles. The van der Waals surface area contributed by atoms with Crippen molar-refractivity contribution in [2.75, 3.05) is 0 Å². The quantitative estimate of drug-likeness (QED) is 0.544. The Morgan fingerprint density at radius 3 is 2.70 bits per heavy atom. The van der Waals surface area contributed by atoms with Gasteiger partial charge in [-0.1, -0.05) is 12.1 Å². The minimum atomic E-state index is 0. The number of halogens is 2. The molecule has 0 unspecified atom stereocenters. The average Bonchev–Trinajstić information content (AvgIpc) is 2.80. The van der Waals surface area contributed by atoms with Crippen LogP contribution in [-0.2, 0) is 5.75 Å². The summed E-state index contributed by atoms with van der Waals surface area (Å²) >= 11 is 1.61. The molecule has 0 spiro atoms. The number of thioether (sulfide) groups is 1. The molecule has 3 rings (SSSR count). The first-order valence-corrected chi connectivity index (χ1v) is 6.65. The molecule has 0 radical (unpaired) electrons. The second-order valence-electron chi connectivity index (χ2n) is 3.98. The first-order valence-electron chi connectivity index (χ1n) is 5.67. The molecule has 1 aliphatic rings. The number of pyridine rings is 1. The van der Waals surface area contributed by atoms with Crippen molar-refractivity contribution in [3.8, 4) is 5.75 Å². The zero-order valence-corrected chi connectivity index (χ0v) is 12.7. The Morgan fingerprint density at radius 2 is 1.95 bits per heavy atom. The summed E-state index contributed by atoms with van der Waals surface area (Å²) in [5.74, 6) is 0.969. The number of amidine groups is 1. The molecule has 7 heteroatoms. The van der Waals surface area contributed by atoms with Crippen molar-refractivity contribution in [1.82, 2.24) is 0 Å². The summed E-state index contributed by atoms with van der Waals surface area (Å²) in [5, 5.41) is 12.7. The van der Waals surface area contributed by atoms with Crippen molar-refractivity contribution >= 4 is 28.3 Å². The predicted octanol–water partition coefficient (Wildman–Crippen LogP) is -4.66. The van der Waals surface area contributed by atoms with Gasteiger partial charge in [0.05, 0.1) is 5.75 Å². The molecule has 0 fully saturated rings. The van der Waals surface area contributed by atoms with Gasteiger partial charge in [0.15, 0.2) is 17.6 Å².